The summed E-state index contributed by atoms with van der Waals surface area (Å²) in [5.41, 5.74) is -2.28. The fraction of sp³-hybridized carbons (Fsp3) is 0.333. The van der Waals surface area contributed by atoms with E-state index in [9.17, 15) is 35.1 Å². The largest absolute Gasteiger partial charge is 0.429 e. The fourth-order valence-electron chi connectivity index (χ4n) is 4.41. The van der Waals surface area contributed by atoms with Crippen molar-refractivity contribution in [2.24, 2.45) is 0 Å². The lowest BCUT2D eigenvalue weighted by atomic mass is 9.89. The molecule has 0 radical (unpaired) electrons. The Balaban J connectivity index is 1.54. The lowest BCUT2D eigenvalue weighted by molar-refractivity contribution is -0.187. The van der Waals surface area contributed by atoms with Crippen LogP contribution in [0.5, 0.6) is 5.75 Å². The van der Waals surface area contributed by atoms with Crippen LogP contribution >= 0.6 is 0 Å². The highest BCUT2D eigenvalue weighted by Gasteiger charge is 2.40. The van der Waals surface area contributed by atoms with Crippen molar-refractivity contribution in [3.05, 3.63) is 88.5 Å². The molecule has 1 fully saturated rings. The average Bonchev–Trinajstić information content (AvgIpc) is 2.84. The summed E-state index contributed by atoms with van der Waals surface area (Å²) >= 11 is 0. The molecule has 0 aliphatic carbocycles. The Morgan fingerprint density at radius 1 is 0.838 bits per heavy atom. The Labute approximate surface area is 207 Å². The van der Waals surface area contributed by atoms with Crippen molar-refractivity contribution < 1.29 is 44.6 Å². The van der Waals surface area contributed by atoms with Crippen LogP contribution in [0.3, 0.4) is 0 Å². The monoisotopic (exact) mass is 530 g/mol. The molecule has 0 aromatic heterocycles. The Bertz CT molecular complexity index is 1260. The van der Waals surface area contributed by atoms with Crippen LogP contribution in [-0.2, 0) is 10.8 Å². The van der Waals surface area contributed by atoms with Crippen molar-refractivity contribution in [3.63, 3.8) is 0 Å². The van der Waals surface area contributed by atoms with Gasteiger partial charge in [0.25, 0.3) is 0 Å². The lowest BCUT2D eigenvalue weighted by Crippen LogP contribution is -2.27. The van der Waals surface area contributed by atoms with Gasteiger partial charge in [-0.15, -0.1) is 0 Å². The summed E-state index contributed by atoms with van der Waals surface area (Å²) in [6, 6.07) is 5.04. The van der Waals surface area contributed by atoms with Gasteiger partial charge < -0.3 is 9.47 Å². The van der Waals surface area contributed by atoms with Gasteiger partial charge in [0.2, 0.25) is 0 Å². The van der Waals surface area contributed by atoms with Gasteiger partial charge >= 0.3 is 6.11 Å². The highest BCUT2D eigenvalue weighted by Crippen LogP contribution is 2.39. The van der Waals surface area contributed by atoms with E-state index in [0.717, 1.165) is 31.0 Å². The van der Waals surface area contributed by atoms with Crippen LogP contribution in [-0.4, -0.2) is 12.7 Å². The van der Waals surface area contributed by atoms with Crippen molar-refractivity contribution in [2.75, 3.05) is 6.61 Å². The highest BCUT2D eigenvalue weighted by molar-refractivity contribution is 5.65. The van der Waals surface area contributed by atoms with Crippen LogP contribution in [0.15, 0.2) is 42.5 Å². The third-order valence-electron chi connectivity index (χ3n) is 6.33. The minimum absolute atomic E-state index is 0.0269. The topological polar surface area (TPSA) is 18.5 Å². The number of alkyl halides is 2. The molecule has 0 amide bonds. The van der Waals surface area contributed by atoms with Crippen LogP contribution in [0, 0.1) is 34.9 Å². The summed E-state index contributed by atoms with van der Waals surface area (Å²) in [6.45, 7) is 2.14. The highest BCUT2D eigenvalue weighted by atomic mass is 19.3. The first-order chi connectivity index (χ1) is 17.5. The van der Waals surface area contributed by atoms with E-state index in [1.54, 1.807) is 0 Å². The SMILES string of the molecule is CCCC1CCC(c2ccc(C(F)(F)Oc3ccc(-c4cc(F)c(F)c(F)c4)c(F)c3)c(F)c2F)CO1. The summed E-state index contributed by atoms with van der Waals surface area (Å²) in [5.74, 6) is -10.6. The number of halogens is 8. The molecule has 3 aromatic rings. The second kappa shape index (κ2) is 10.7. The zero-order chi connectivity index (χ0) is 26.9. The molecular weight excluding hydrogens is 508 g/mol. The molecule has 1 aliphatic heterocycles. The molecule has 0 spiro atoms. The van der Waals surface area contributed by atoms with E-state index in [4.69, 9.17) is 4.74 Å². The van der Waals surface area contributed by atoms with Gasteiger partial charge in [0.1, 0.15) is 17.1 Å². The van der Waals surface area contributed by atoms with Crippen molar-refractivity contribution in [3.8, 4) is 16.9 Å². The van der Waals surface area contributed by atoms with E-state index in [1.807, 2.05) is 6.92 Å². The smallest absolute Gasteiger partial charge is 0.429 e. The minimum atomic E-state index is -4.39. The first-order valence-corrected chi connectivity index (χ1v) is 11.6. The molecule has 198 valence electrons. The number of hydrogen-bond donors (Lipinski definition) is 0. The molecule has 0 N–H and O–H groups in total. The molecule has 2 atom stereocenters. The maximum atomic E-state index is 14.8. The minimum Gasteiger partial charge on any atom is -0.429 e. The van der Waals surface area contributed by atoms with Crippen LogP contribution in [0.4, 0.5) is 35.1 Å². The maximum Gasteiger partial charge on any atom is 0.429 e. The Hall–Kier alpha value is -3.14. The summed E-state index contributed by atoms with van der Waals surface area (Å²) in [5, 5.41) is 0. The van der Waals surface area contributed by atoms with Gasteiger partial charge in [0, 0.05) is 17.5 Å². The molecule has 37 heavy (non-hydrogen) atoms. The summed E-state index contributed by atoms with van der Waals surface area (Å²) < 4.78 is 124. The third-order valence-corrected chi connectivity index (χ3v) is 6.33. The van der Waals surface area contributed by atoms with Gasteiger partial charge in [-0.2, -0.15) is 8.78 Å². The number of benzene rings is 3. The second-order valence-electron chi connectivity index (χ2n) is 8.86. The van der Waals surface area contributed by atoms with E-state index < -0.39 is 63.8 Å². The first-order valence-electron chi connectivity index (χ1n) is 11.6. The molecule has 3 aromatic carbocycles. The summed E-state index contributed by atoms with van der Waals surface area (Å²) in [7, 11) is 0. The Morgan fingerprint density at radius 2 is 1.54 bits per heavy atom. The van der Waals surface area contributed by atoms with E-state index in [-0.39, 0.29) is 23.8 Å². The molecule has 10 heteroatoms. The molecule has 1 heterocycles. The van der Waals surface area contributed by atoms with Gasteiger partial charge in [-0.3, -0.25) is 0 Å². The fourth-order valence-corrected chi connectivity index (χ4v) is 4.41. The molecule has 1 aliphatic rings. The quantitative estimate of drug-likeness (QED) is 0.226. The third kappa shape index (κ3) is 5.58. The standard InChI is InChI=1S/C27H22F8O2/c1-2-3-16-5-4-14(13-36-16)19-8-9-20(25(32)24(19)31)27(34,35)37-17-6-7-18(21(28)12-17)15-10-22(29)26(33)23(30)11-15/h6-12,14,16H,2-5,13H2,1H3. The summed E-state index contributed by atoms with van der Waals surface area (Å²) in [4.78, 5) is 0. The molecule has 2 unspecified atom stereocenters. The predicted octanol–water partition coefficient (Wildman–Crippen LogP) is 8.38. The van der Waals surface area contributed by atoms with Crippen LogP contribution < -0.4 is 4.74 Å². The van der Waals surface area contributed by atoms with E-state index >= 15 is 0 Å². The zero-order valence-corrected chi connectivity index (χ0v) is 19.6. The normalized spacial score (nSPS) is 18.2. The molecule has 0 bridgehead atoms. The number of hydrogen-bond acceptors (Lipinski definition) is 2. The molecule has 1 saturated heterocycles. The van der Waals surface area contributed by atoms with E-state index in [1.165, 1.54) is 0 Å². The van der Waals surface area contributed by atoms with E-state index in [0.29, 0.717) is 37.1 Å². The van der Waals surface area contributed by atoms with Crippen molar-refractivity contribution in [1.29, 1.82) is 0 Å². The maximum absolute atomic E-state index is 14.8. The van der Waals surface area contributed by atoms with E-state index in [2.05, 4.69) is 4.74 Å². The Kier molecular flexibility index (Phi) is 7.77. The van der Waals surface area contributed by atoms with Crippen molar-refractivity contribution >= 4 is 0 Å². The molecular formula is C27H22F8O2. The first kappa shape index (κ1) is 26.9. The summed E-state index contributed by atoms with van der Waals surface area (Å²) in [6.07, 6.45) is -1.45. The molecule has 2 nitrogen and oxygen atoms in total. The molecule has 4 rings (SSSR count). The van der Waals surface area contributed by atoms with Gasteiger partial charge in [0.05, 0.1) is 12.7 Å². The van der Waals surface area contributed by atoms with Crippen LogP contribution in [0.2, 0.25) is 0 Å². The molecule has 0 saturated carbocycles. The van der Waals surface area contributed by atoms with Crippen LogP contribution in [0.1, 0.15) is 49.7 Å². The second-order valence-corrected chi connectivity index (χ2v) is 8.86. The average molecular weight is 530 g/mol. The van der Waals surface area contributed by atoms with Gasteiger partial charge in [0.15, 0.2) is 29.1 Å². The Morgan fingerprint density at radius 3 is 2.14 bits per heavy atom. The van der Waals surface area contributed by atoms with Crippen molar-refractivity contribution in [2.45, 2.75) is 50.7 Å². The van der Waals surface area contributed by atoms with Gasteiger partial charge in [-0.1, -0.05) is 19.4 Å². The van der Waals surface area contributed by atoms with Gasteiger partial charge in [-0.05, 0) is 60.7 Å². The predicted molar refractivity (Wildman–Crippen MR) is 119 cm³/mol. The number of rotatable bonds is 7. The lowest BCUT2D eigenvalue weighted by Gasteiger charge is -2.30. The zero-order valence-electron chi connectivity index (χ0n) is 19.6. The van der Waals surface area contributed by atoms with Gasteiger partial charge in [-0.25, -0.2) is 26.3 Å². The van der Waals surface area contributed by atoms with Crippen molar-refractivity contribution in [1.82, 2.24) is 0 Å². The van der Waals surface area contributed by atoms with Crippen LogP contribution in [0.25, 0.3) is 11.1 Å². The number of ether oxygens (including phenoxy) is 2.